The van der Waals surface area contributed by atoms with Crippen molar-refractivity contribution in [2.75, 3.05) is 10.6 Å². The largest absolute Gasteiger partial charge is 0.507 e. The topological polar surface area (TPSA) is 165 Å². The van der Waals surface area contributed by atoms with Crippen molar-refractivity contribution in [1.82, 2.24) is 0 Å². The van der Waals surface area contributed by atoms with Crippen LogP contribution < -0.4 is 10.6 Å². The Morgan fingerprint density at radius 1 is 0.686 bits per heavy atom. The summed E-state index contributed by atoms with van der Waals surface area (Å²) in [6, 6.07) is 18.4. The molecule has 0 atom stereocenters. The van der Waals surface area contributed by atoms with E-state index in [1.165, 1.54) is 66.7 Å². The number of anilines is 2. The van der Waals surface area contributed by atoms with E-state index in [0.717, 1.165) is 0 Å². The van der Waals surface area contributed by atoms with Crippen molar-refractivity contribution in [3.63, 3.8) is 0 Å². The number of nitrogens with one attached hydrogen (secondary N) is 2. The molecule has 11 heteroatoms. The number of amides is 2. The zero-order valence-electron chi connectivity index (χ0n) is 17.8. The van der Waals surface area contributed by atoms with Gasteiger partial charge in [0.25, 0.3) is 23.2 Å². The maximum Gasteiger partial charge on any atom is 0.292 e. The van der Waals surface area contributed by atoms with E-state index in [9.17, 15) is 34.9 Å². The molecular formula is C24H16N4O7. The average molecular weight is 472 g/mol. The van der Waals surface area contributed by atoms with Gasteiger partial charge in [0.15, 0.2) is 0 Å². The lowest BCUT2D eigenvalue weighted by Crippen LogP contribution is -2.14. The Hall–Kier alpha value is -5.32. The summed E-state index contributed by atoms with van der Waals surface area (Å²) in [4.78, 5) is 46.7. The fourth-order valence-electron chi connectivity index (χ4n) is 3.47. The lowest BCUT2D eigenvalue weighted by molar-refractivity contribution is -0.384. The minimum atomic E-state index is -0.784. The average Bonchev–Trinajstić information content (AvgIpc) is 2.83. The fraction of sp³-hybridized carbons (Fsp3) is 0. The molecule has 4 aromatic carbocycles. The van der Waals surface area contributed by atoms with E-state index >= 15 is 0 Å². The number of nitro groups is 2. The number of hydrogen-bond acceptors (Lipinski definition) is 7. The number of phenolic OH excluding ortho intramolecular Hbond substituents is 1. The molecule has 0 heterocycles. The molecule has 0 spiro atoms. The molecule has 11 nitrogen and oxygen atoms in total. The van der Waals surface area contributed by atoms with Crippen LogP contribution in [0, 0.1) is 20.2 Å². The Balaban J connectivity index is 1.64. The SMILES string of the molecule is O=C(Nc1ccccc1[N+](=O)[O-])c1ccc2cc(O)c(C(=O)Nc3ccccc3[N+](=O)[O-])cc2c1. The van der Waals surface area contributed by atoms with Gasteiger partial charge in [0.2, 0.25) is 0 Å². The van der Waals surface area contributed by atoms with E-state index in [0.29, 0.717) is 10.8 Å². The van der Waals surface area contributed by atoms with Gasteiger partial charge in [-0.05, 0) is 47.2 Å². The smallest absolute Gasteiger partial charge is 0.292 e. The lowest BCUT2D eigenvalue weighted by Gasteiger charge is -2.10. The van der Waals surface area contributed by atoms with Crippen molar-refractivity contribution in [3.05, 3.63) is 110 Å². The van der Waals surface area contributed by atoms with Gasteiger partial charge in [-0.1, -0.05) is 30.3 Å². The number of benzene rings is 4. The second kappa shape index (κ2) is 9.27. The van der Waals surface area contributed by atoms with Gasteiger partial charge in [0, 0.05) is 17.7 Å². The molecule has 3 N–H and O–H groups in total. The first kappa shape index (κ1) is 22.9. The molecule has 0 saturated carbocycles. The number of hydrogen-bond donors (Lipinski definition) is 3. The van der Waals surface area contributed by atoms with Crippen molar-refractivity contribution in [3.8, 4) is 5.75 Å². The molecule has 0 aliphatic carbocycles. The Morgan fingerprint density at radius 3 is 1.80 bits per heavy atom. The molecule has 0 radical (unpaired) electrons. The standard InChI is InChI=1S/C24H16N4O7/c29-22-13-14-9-10-15(23(30)25-18-5-1-3-7-20(18)27(32)33)11-16(14)12-17(22)24(31)26-19-6-2-4-8-21(19)28(34)35/h1-13,29H,(H,25,30)(H,26,31). The number of phenols is 1. The predicted octanol–water partition coefficient (Wildman–Crippen LogP) is 4.87. The van der Waals surface area contributed by atoms with Crippen LogP contribution in [-0.4, -0.2) is 26.8 Å². The number of carbonyl (C=O) groups excluding carboxylic acids is 2. The van der Waals surface area contributed by atoms with Crippen LogP contribution in [0.4, 0.5) is 22.7 Å². The normalized spacial score (nSPS) is 10.5. The minimum Gasteiger partial charge on any atom is -0.507 e. The molecule has 0 unspecified atom stereocenters. The number of nitro benzene ring substituents is 2. The maximum absolute atomic E-state index is 12.8. The van der Waals surface area contributed by atoms with Gasteiger partial charge in [-0.25, -0.2) is 0 Å². The highest BCUT2D eigenvalue weighted by Crippen LogP contribution is 2.30. The zero-order chi connectivity index (χ0) is 25.1. The third-order valence-corrected chi connectivity index (χ3v) is 5.16. The van der Waals surface area contributed by atoms with Crippen molar-refractivity contribution in [2.45, 2.75) is 0 Å². The van der Waals surface area contributed by atoms with E-state index in [2.05, 4.69) is 10.6 Å². The highest BCUT2D eigenvalue weighted by molar-refractivity contribution is 6.11. The molecule has 0 aromatic heterocycles. The summed E-state index contributed by atoms with van der Waals surface area (Å²) in [5.41, 5.74) is -0.591. The van der Waals surface area contributed by atoms with Gasteiger partial charge in [0.05, 0.1) is 15.4 Å². The van der Waals surface area contributed by atoms with Gasteiger partial charge in [-0.2, -0.15) is 0 Å². The minimum absolute atomic E-state index is 0.0258. The van der Waals surface area contributed by atoms with Crippen molar-refractivity contribution in [1.29, 1.82) is 0 Å². The monoisotopic (exact) mass is 472 g/mol. The van der Waals surface area contributed by atoms with Crippen LogP contribution in [0.2, 0.25) is 0 Å². The molecule has 0 fully saturated rings. The maximum atomic E-state index is 12.8. The predicted molar refractivity (Wildman–Crippen MR) is 128 cm³/mol. The number of carbonyl (C=O) groups is 2. The highest BCUT2D eigenvalue weighted by Gasteiger charge is 2.20. The molecule has 0 saturated heterocycles. The molecule has 174 valence electrons. The van der Waals surface area contributed by atoms with Gasteiger partial charge >= 0.3 is 0 Å². The van der Waals surface area contributed by atoms with Crippen LogP contribution in [0.5, 0.6) is 5.75 Å². The first-order chi connectivity index (χ1) is 16.7. The van der Waals surface area contributed by atoms with E-state index in [1.54, 1.807) is 12.1 Å². The molecule has 0 aliphatic rings. The molecule has 35 heavy (non-hydrogen) atoms. The van der Waals surface area contributed by atoms with E-state index < -0.39 is 21.7 Å². The van der Waals surface area contributed by atoms with Crippen LogP contribution in [0.1, 0.15) is 20.7 Å². The third kappa shape index (κ3) is 4.73. The third-order valence-electron chi connectivity index (χ3n) is 5.16. The van der Waals surface area contributed by atoms with Gasteiger partial charge < -0.3 is 15.7 Å². The Bertz CT molecular complexity index is 1520. The molecule has 0 aliphatic heterocycles. The number of aromatic hydroxyl groups is 1. The van der Waals surface area contributed by atoms with Crippen LogP contribution in [0.25, 0.3) is 10.8 Å². The number of nitrogens with zero attached hydrogens (tertiary/aromatic N) is 2. The molecule has 0 bridgehead atoms. The second-order valence-electron chi connectivity index (χ2n) is 7.39. The quantitative estimate of drug-likeness (QED) is 0.266. The van der Waals surface area contributed by atoms with Gasteiger partial charge in [-0.3, -0.25) is 29.8 Å². The number of para-hydroxylation sites is 4. The van der Waals surface area contributed by atoms with Crippen LogP contribution >= 0.6 is 0 Å². The first-order valence-electron chi connectivity index (χ1n) is 10.1. The van der Waals surface area contributed by atoms with Crippen LogP contribution in [0.3, 0.4) is 0 Å². The van der Waals surface area contributed by atoms with Crippen molar-refractivity contribution < 1.29 is 24.5 Å². The summed E-state index contributed by atoms with van der Waals surface area (Å²) in [6.45, 7) is 0. The Kier molecular flexibility index (Phi) is 6.06. The first-order valence-corrected chi connectivity index (χ1v) is 10.1. The zero-order valence-corrected chi connectivity index (χ0v) is 17.8. The summed E-state index contributed by atoms with van der Waals surface area (Å²) in [5, 5.41) is 38.6. The summed E-state index contributed by atoms with van der Waals surface area (Å²) >= 11 is 0. The van der Waals surface area contributed by atoms with Crippen molar-refractivity contribution >= 4 is 45.3 Å². The summed E-state index contributed by atoms with van der Waals surface area (Å²) in [5.74, 6) is -1.75. The van der Waals surface area contributed by atoms with Crippen LogP contribution in [0.15, 0.2) is 78.9 Å². The van der Waals surface area contributed by atoms with Gasteiger partial charge in [-0.15, -0.1) is 0 Å². The van der Waals surface area contributed by atoms with Crippen LogP contribution in [-0.2, 0) is 0 Å². The highest BCUT2D eigenvalue weighted by atomic mass is 16.6. The van der Waals surface area contributed by atoms with Gasteiger partial charge in [0.1, 0.15) is 17.1 Å². The molecule has 2 amide bonds. The Labute approximate surface area is 196 Å². The summed E-state index contributed by atoms with van der Waals surface area (Å²) < 4.78 is 0. The van der Waals surface area contributed by atoms with Crippen molar-refractivity contribution in [2.24, 2.45) is 0 Å². The summed E-state index contributed by atoms with van der Waals surface area (Å²) in [6.07, 6.45) is 0. The van der Waals surface area contributed by atoms with E-state index in [4.69, 9.17) is 0 Å². The number of fused-ring (bicyclic) bond motifs is 1. The van der Waals surface area contributed by atoms with E-state index in [1.807, 2.05) is 0 Å². The molecule has 4 aromatic rings. The number of rotatable bonds is 6. The Morgan fingerprint density at radius 2 is 1.23 bits per heavy atom. The van der Waals surface area contributed by atoms with E-state index in [-0.39, 0.29) is 39.6 Å². The summed E-state index contributed by atoms with van der Waals surface area (Å²) in [7, 11) is 0. The fourth-order valence-corrected chi connectivity index (χ4v) is 3.47. The molecular weight excluding hydrogens is 456 g/mol. The lowest BCUT2D eigenvalue weighted by atomic mass is 10.0. The second-order valence-corrected chi connectivity index (χ2v) is 7.39. The molecule has 4 rings (SSSR count).